The van der Waals surface area contributed by atoms with Gasteiger partial charge in [-0.1, -0.05) is 61.6 Å². The van der Waals surface area contributed by atoms with Crippen molar-refractivity contribution < 1.29 is 9.59 Å². The summed E-state index contributed by atoms with van der Waals surface area (Å²) in [6, 6.07) is 5.30. The lowest BCUT2D eigenvalue weighted by molar-refractivity contribution is -0.119. The van der Waals surface area contributed by atoms with E-state index in [-0.39, 0.29) is 11.8 Å². The lowest BCUT2D eigenvalue weighted by atomic mass is 9.84. The zero-order valence-electron chi connectivity index (χ0n) is 18.9. The van der Waals surface area contributed by atoms with Gasteiger partial charge in [0.1, 0.15) is 10.4 Å². The van der Waals surface area contributed by atoms with E-state index in [1.165, 1.54) is 36.8 Å². The highest BCUT2D eigenvalue weighted by molar-refractivity contribution is 7.19. The topological polar surface area (TPSA) is 86.7 Å². The molecule has 2 N–H and O–H groups in total. The number of aromatic nitrogens is 1. The summed E-state index contributed by atoms with van der Waals surface area (Å²) >= 11 is 7.24. The Morgan fingerprint density at radius 3 is 2.71 bits per heavy atom. The first-order valence-corrected chi connectivity index (χ1v) is 13.1. The highest BCUT2D eigenvalue weighted by Gasteiger charge is 2.33. The number of anilines is 1. The van der Waals surface area contributed by atoms with Gasteiger partial charge in [-0.2, -0.15) is 0 Å². The summed E-state index contributed by atoms with van der Waals surface area (Å²) in [5.41, 5.74) is 2.80. The molecule has 5 rings (SSSR count). The van der Waals surface area contributed by atoms with Crippen molar-refractivity contribution in [1.82, 2.24) is 15.2 Å². The molecule has 0 bridgehead atoms. The van der Waals surface area contributed by atoms with E-state index < -0.39 is 6.04 Å². The van der Waals surface area contributed by atoms with Crippen molar-refractivity contribution in [3.63, 3.8) is 0 Å². The number of thiazole rings is 1. The van der Waals surface area contributed by atoms with Crippen LogP contribution in [0.5, 0.6) is 0 Å². The number of nitrogens with one attached hydrogen (secondary N) is 2. The molecule has 2 heterocycles. The van der Waals surface area contributed by atoms with Crippen LogP contribution in [0.3, 0.4) is 0 Å². The summed E-state index contributed by atoms with van der Waals surface area (Å²) in [5, 5.41) is 6.42. The van der Waals surface area contributed by atoms with E-state index >= 15 is 0 Å². The minimum absolute atomic E-state index is 0.0785. The van der Waals surface area contributed by atoms with Gasteiger partial charge in [0.15, 0.2) is 5.13 Å². The van der Waals surface area contributed by atoms with Crippen LogP contribution in [-0.2, 0) is 4.79 Å². The molecule has 0 spiro atoms. The molecule has 1 aliphatic heterocycles. The maximum atomic E-state index is 13.4. The number of fused-ring (bicyclic) bond motifs is 1. The van der Waals surface area contributed by atoms with Gasteiger partial charge in [0.2, 0.25) is 5.91 Å². The largest absolute Gasteiger partial charge is 0.349 e. The van der Waals surface area contributed by atoms with E-state index in [1.54, 1.807) is 18.5 Å². The van der Waals surface area contributed by atoms with Gasteiger partial charge in [0.05, 0.1) is 18.2 Å². The number of benzene rings is 1. The van der Waals surface area contributed by atoms with E-state index in [9.17, 15) is 9.59 Å². The fraction of sp³-hybridized carbons (Fsp3) is 0.440. The second-order valence-electron chi connectivity index (χ2n) is 9.29. The first-order valence-electron chi connectivity index (χ1n) is 11.9. The van der Waals surface area contributed by atoms with E-state index in [0.717, 1.165) is 31.2 Å². The van der Waals surface area contributed by atoms with Gasteiger partial charge in [-0.3, -0.25) is 9.59 Å². The fourth-order valence-electron chi connectivity index (χ4n) is 4.71. The second-order valence-corrected chi connectivity index (χ2v) is 11.0. The lowest BCUT2D eigenvalue weighted by Crippen LogP contribution is -2.44. The lowest BCUT2D eigenvalue weighted by Gasteiger charge is -2.35. The van der Waals surface area contributed by atoms with Gasteiger partial charge in [-0.15, -0.1) is 0 Å². The van der Waals surface area contributed by atoms with Crippen molar-refractivity contribution in [2.24, 2.45) is 10.9 Å². The summed E-state index contributed by atoms with van der Waals surface area (Å²) in [6.07, 6.45) is 11.9. The number of carbonyl (C=O) groups is 2. The highest BCUT2D eigenvalue weighted by Crippen LogP contribution is 2.36. The molecule has 0 radical (unpaired) electrons. The molecule has 9 heteroatoms. The van der Waals surface area contributed by atoms with Crippen molar-refractivity contribution in [2.75, 3.05) is 5.32 Å². The Labute approximate surface area is 208 Å². The number of carbonyl (C=O) groups excluding carboxylic acids is 2. The molecular weight excluding hydrogens is 470 g/mol. The molecule has 178 valence electrons. The van der Waals surface area contributed by atoms with Crippen molar-refractivity contribution in [3.8, 4) is 0 Å². The first-order chi connectivity index (χ1) is 16.5. The minimum atomic E-state index is -0.465. The van der Waals surface area contributed by atoms with Crippen LogP contribution in [0.25, 0.3) is 5.70 Å². The molecule has 34 heavy (non-hydrogen) atoms. The molecule has 1 aromatic carbocycles. The molecule has 0 saturated heterocycles. The van der Waals surface area contributed by atoms with Gasteiger partial charge in [0, 0.05) is 22.9 Å². The Kier molecular flexibility index (Phi) is 6.70. The van der Waals surface area contributed by atoms with Gasteiger partial charge < -0.3 is 15.5 Å². The quantitative estimate of drug-likeness (QED) is 0.520. The predicted molar refractivity (Wildman–Crippen MR) is 137 cm³/mol. The van der Waals surface area contributed by atoms with Crippen LogP contribution in [0.15, 0.2) is 36.0 Å². The molecular formula is C25H28ClN5O2S. The zero-order chi connectivity index (χ0) is 23.7. The Balaban J connectivity index is 1.37. The van der Waals surface area contributed by atoms with Crippen LogP contribution in [0, 0.1) is 5.92 Å². The Morgan fingerprint density at radius 2 is 2.00 bits per heavy atom. The number of nitrogens with zero attached hydrogens (tertiary/aromatic N) is 3. The van der Waals surface area contributed by atoms with Crippen LogP contribution in [0.4, 0.5) is 10.8 Å². The maximum absolute atomic E-state index is 13.4. The van der Waals surface area contributed by atoms with E-state index in [0.29, 0.717) is 44.8 Å². The summed E-state index contributed by atoms with van der Waals surface area (Å²) in [4.78, 5) is 36.5. The van der Waals surface area contributed by atoms with Gasteiger partial charge in [-0.05, 0) is 43.4 Å². The van der Waals surface area contributed by atoms with Crippen molar-refractivity contribution in [1.29, 1.82) is 0 Å². The number of hydrogen-bond acceptors (Lipinski definition) is 6. The average Bonchev–Trinajstić information content (AvgIpc) is 3.57. The Bertz CT molecular complexity index is 1140. The van der Waals surface area contributed by atoms with Gasteiger partial charge in [0.25, 0.3) is 5.91 Å². The SMILES string of the molecule is C=C1c2ccc(C(=O)NC3CC3)cc2N=CN1C(CC1CCCCC1)C(=O)Nc1ncc(Cl)s1. The molecule has 2 amide bonds. The van der Waals surface area contributed by atoms with Crippen LogP contribution in [0.2, 0.25) is 4.34 Å². The molecule has 7 nitrogen and oxygen atoms in total. The standard InChI is InChI=1S/C25H28ClN5O2S/c1-15-19-10-7-17(23(32)29-18-8-9-18)12-20(19)28-14-31(15)21(11-16-5-3-2-4-6-16)24(33)30-25-27-13-22(26)34-25/h7,10,12-14,16,18,21H,1-6,8-9,11H2,(H,29,32)(H,27,30,33). The molecule has 1 aromatic heterocycles. The van der Waals surface area contributed by atoms with E-state index in [1.807, 2.05) is 11.0 Å². The maximum Gasteiger partial charge on any atom is 0.251 e. The number of halogens is 1. The third-order valence-corrected chi connectivity index (χ3v) is 7.77. The zero-order valence-corrected chi connectivity index (χ0v) is 20.5. The minimum Gasteiger partial charge on any atom is -0.349 e. The molecule has 2 fully saturated rings. The normalized spacial score (nSPS) is 19.0. The van der Waals surface area contributed by atoms with Gasteiger partial charge >= 0.3 is 0 Å². The smallest absolute Gasteiger partial charge is 0.251 e. The highest BCUT2D eigenvalue weighted by atomic mass is 35.5. The van der Waals surface area contributed by atoms with Crippen LogP contribution in [0.1, 0.15) is 67.3 Å². The van der Waals surface area contributed by atoms with Crippen molar-refractivity contribution in [3.05, 3.63) is 46.4 Å². The average molecular weight is 498 g/mol. The number of rotatable bonds is 7. The Morgan fingerprint density at radius 1 is 1.21 bits per heavy atom. The molecule has 2 aromatic rings. The van der Waals surface area contributed by atoms with E-state index in [2.05, 4.69) is 27.2 Å². The summed E-state index contributed by atoms with van der Waals surface area (Å²) < 4.78 is 0.526. The van der Waals surface area contributed by atoms with Crippen LogP contribution < -0.4 is 10.6 Å². The van der Waals surface area contributed by atoms with Crippen LogP contribution in [-0.4, -0.2) is 40.1 Å². The van der Waals surface area contributed by atoms with E-state index in [4.69, 9.17) is 11.6 Å². The van der Waals surface area contributed by atoms with Crippen molar-refractivity contribution >= 4 is 57.6 Å². The summed E-state index contributed by atoms with van der Waals surface area (Å²) in [7, 11) is 0. The molecule has 3 aliphatic rings. The third-order valence-electron chi connectivity index (χ3n) is 6.74. The number of hydrogen-bond donors (Lipinski definition) is 2. The molecule has 2 saturated carbocycles. The predicted octanol–water partition coefficient (Wildman–Crippen LogP) is 5.61. The first kappa shape index (κ1) is 23.1. The molecule has 1 atom stereocenters. The number of amides is 2. The molecule has 1 unspecified atom stereocenters. The Hall–Kier alpha value is -2.71. The third kappa shape index (κ3) is 5.18. The van der Waals surface area contributed by atoms with Gasteiger partial charge in [-0.25, -0.2) is 9.98 Å². The summed E-state index contributed by atoms with van der Waals surface area (Å²) in [5.74, 6) is 0.249. The monoisotopic (exact) mass is 497 g/mol. The van der Waals surface area contributed by atoms with Crippen molar-refractivity contribution in [2.45, 2.75) is 63.5 Å². The summed E-state index contributed by atoms with van der Waals surface area (Å²) in [6.45, 7) is 4.30. The van der Waals surface area contributed by atoms with Crippen LogP contribution >= 0.6 is 22.9 Å². The number of aliphatic imine (C=N–C) groups is 1. The molecule has 2 aliphatic carbocycles. The second kappa shape index (κ2) is 9.88. The fourth-order valence-corrected chi connectivity index (χ4v) is 5.52.